The van der Waals surface area contributed by atoms with Gasteiger partial charge in [0.25, 0.3) is 0 Å². The lowest BCUT2D eigenvalue weighted by Crippen LogP contribution is -2.00. The van der Waals surface area contributed by atoms with Crippen molar-refractivity contribution in [1.82, 2.24) is 0 Å². The van der Waals surface area contributed by atoms with Gasteiger partial charge in [0.1, 0.15) is 6.79 Å². The molecule has 0 unspecified atom stereocenters. The molecule has 0 aromatic heterocycles. The van der Waals surface area contributed by atoms with E-state index >= 15 is 0 Å². The smallest absolute Gasteiger partial charge is 0.337 e. The van der Waals surface area contributed by atoms with Crippen molar-refractivity contribution in [3.63, 3.8) is 0 Å². The Kier molecular flexibility index (Phi) is 8.09. The molecule has 7 heteroatoms. The molecule has 2 aromatic carbocycles. The molecule has 0 bridgehead atoms. The normalized spacial score (nSPS) is 8.55. The number of nitrogens with two attached hydrogens (primary N) is 2. The molecule has 116 valence electrons. The van der Waals surface area contributed by atoms with Crippen molar-refractivity contribution < 1.29 is 24.6 Å². The molecule has 2 aromatic rings. The highest BCUT2D eigenvalue weighted by Crippen LogP contribution is 2.09. The van der Waals surface area contributed by atoms with Gasteiger partial charge in [-0.25, -0.2) is 9.59 Å². The van der Waals surface area contributed by atoms with Crippen molar-refractivity contribution in [2.45, 2.75) is 0 Å². The number of rotatable bonds is 2. The molecule has 0 aliphatic carbocycles. The molecule has 6 N–H and O–H groups in total. The monoisotopic (exact) mass is 304 g/mol. The Balaban J connectivity index is 0.000000360. The van der Waals surface area contributed by atoms with E-state index in [4.69, 9.17) is 26.5 Å². The Bertz CT molecular complexity index is 588. The summed E-state index contributed by atoms with van der Waals surface area (Å²) in [5.74, 6) is -1.98. The van der Waals surface area contributed by atoms with Crippen LogP contribution in [0.5, 0.6) is 0 Å². The first kappa shape index (κ1) is 18.7. The van der Waals surface area contributed by atoms with Gasteiger partial charge in [-0.15, -0.1) is 0 Å². The molecule has 0 radical (unpaired) electrons. The van der Waals surface area contributed by atoms with Gasteiger partial charge in [0.05, 0.1) is 11.1 Å². The second kappa shape index (κ2) is 9.54. The third kappa shape index (κ3) is 5.74. The highest BCUT2D eigenvalue weighted by atomic mass is 16.4. The number of nitrogen functional groups attached to an aromatic ring is 2. The van der Waals surface area contributed by atoms with Crippen molar-refractivity contribution in [1.29, 1.82) is 0 Å². The summed E-state index contributed by atoms with van der Waals surface area (Å²) >= 11 is 0. The number of hydrogen-bond donors (Lipinski definition) is 4. The van der Waals surface area contributed by atoms with Crippen LogP contribution in [-0.2, 0) is 4.79 Å². The first-order valence-electron chi connectivity index (χ1n) is 5.88. The quantitative estimate of drug-likeness (QED) is 0.618. The highest BCUT2D eigenvalue weighted by molar-refractivity contribution is 5.93. The molecule has 0 atom stereocenters. The number of hydrogen-bond acceptors (Lipinski definition) is 5. The number of aromatic carboxylic acids is 2. The predicted molar refractivity (Wildman–Crippen MR) is 82.7 cm³/mol. The number of carboxylic acid groups (broad SMARTS) is 2. The summed E-state index contributed by atoms with van der Waals surface area (Å²) in [6.07, 6.45) is 0. The van der Waals surface area contributed by atoms with Crippen LogP contribution < -0.4 is 11.5 Å². The van der Waals surface area contributed by atoms with E-state index in [-0.39, 0.29) is 11.1 Å². The maximum Gasteiger partial charge on any atom is 0.337 e. The average Bonchev–Trinajstić information content (AvgIpc) is 2.50. The SMILES string of the molecule is C=O.Nc1ccccc1C(=O)O.Nc1ccccc1C(=O)O. The summed E-state index contributed by atoms with van der Waals surface area (Å²) in [4.78, 5) is 28.7. The molecule has 0 fully saturated rings. The molecule has 2 rings (SSSR count). The molecule has 0 aliphatic rings. The number of carbonyl (C=O) groups excluding carboxylic acids is 1. The van der Waals surface area contributed by atoms with Crippen LogP contribution in [0.4, 0.5) is 11.4 Å². The van der Waals surface area contributed by atoms with Gasteiger partial charge in [-0.05, 0) is 24.3 Å². The van der Waals surface area contributed by atoms with E-state index in [9.17, 15) is 9.59 Å². The van der Waals surface area contributed by atoms with E-state index in [1.807, 2.05) is 6.79 Å². The van der Waals surface area contributed by atoms with E-state index < -0.39 is 11.9 Å². The van der Waals surface area contributed by atoms with Crippen LogP contribution in [0.3, 0.4) is 0 Å². The van der Waals surface area contributed by atoms with E-state index in [1.165, 1.54) is 12.1 Å². The van der Waals surface area contributed by atoms with E-state index in [0.717, 1.165) is 0 Å². The first-order chi connectivity index (χ1) is 10.4. The van der Waals surface area contributed by atoms with Crippen LogP contribution in [0.1, 0.15) is 20.7 Å². The lowest BCUT2D eigenvalue weighted by molar-refractivity contribution is -0.0980. The second-order valence-electron chi connectivity index (χ2n) is 3.78. The van der Waals surface area contributed by atoms with Crippen molar-refractivity contribution in [2.24, 2.45) is 0 Å². The minimum absolute atomic E-state index is 0.155. The molecule has 0 saturated carbocycles. The largest absolute Gasteiger partial charge is 0.478 e. The minimum Gasteiger partial charge on any atom is -0.478 e. The molecule has 0 heterocycles. The number of benzene rings is 2. The summed E-state index contributed by atoms with van der Waals surface area (Å²) in [5, 5.41) is 17.0. The molecule has 22 heavy (non-hydrogen) atoms. The highest BCUT2D eigenvalue weighted by Gasteiger charge is 2.04. The van der Waals surface area contributed by atoms with Gasteiger partial charge in [0, 0.05) is 11.4 Å². The lowest BCUT2D eigenvalue weighted by atomic mass is 10.2. The van der Waals surface area contributed by atoms with Crippen LogP contribution in [0.15, 0.2) is 48.5 Å². The maximum atomic E-state index is 10.3. The van der Waals surface area contributed by atoms with Gasteiger partial charge in [0.15, 0.2) is 0 Å². The van der Waals surface area contributed by atoms with Gasteiger partial charge in [-0.2, -0.15) is 0 Å². The Hall–Kier alpha value is -3.35. The Morgan fingerprint density at radius 3 is 1.18 bits per heavy atom. The second-order valence-corrected chi connectivity index (χ2v) is 3.78. The average molecular weight is 304 g/mol. The summed E-state index contributed by atoms with van der Waals surface area (Å²) in [6.45, 7) is 2.00. The third-order valence-corrected chi connectivity index (χ3v) is 2.38. The molecule has 0 spiro atoms. The van der Waals surface area contributed by atoms with Gasteiger partial charge < -0.3 is 26.5 Å². The van der Waals surface area contributed by atoms with Crippen LogP contribution in [0.2, 0.25) is 0 Å². The fraction of sp³-hybridized carbons (Fsp3) is 0. The number of para-hydroxylation sites is 2. The molecular formula is C15H16N2O5. The molecule has 0 saturated heterocycles. The van der Waals surface area contributed by atoms with E-state index in [0.29, 0.717) is 11.4 Å². The topological polar surface area (TPSA) is 144 Å². The zero-order valence-corrected chi connectivity index (χ0v) is 11.6. The summed E-state index contributed by atoms with van der Waals surface area (Å²) in [5.41, 5.74) is 11.6. The summed E-state index contributed by atoms with van der Waals surface area (Å²) in [7, 11) is 0. The van der Waals surface area contributed by atoms with Gasteiger partial charge >= 0.3 is 11.9 Å². The lowest BCUT2D eigenvalue weighted by Gasteiger charge is -1.96. The minimum atomic E-state index is -0.988. The predicted octanol–water partition coefficient (Wildman–Crippen LogP) is 1.75. The van der Waals surface area contributed by atoms with Crippen molar-refractivity contribution in [3.05, 3.63) is 59.7 Å². The number of carboxylic acids is 2. The summed E-state index contributed by atoms with van der Waals surface area (Å²) < 4.78 is 0. The van der Waals surface area contributed by atoms with Gasteiger partial charge in [0.2, 0.25) is 0 Å². The Morgan fingerprint density at radius 1 is 0.727 bits per heavy atom. The van der Waals surface area contributed by atoms with Crippen LogP contribution in [0, 0.1) is 0 Å². The Labute approximate surface area is 126 Å². The van der Waals surface area contributed by atoms with Crippen LogP contribution in [0.25, 0.3) is 0 Å². The Morgan fingerprint density at radius 2 is 1.00 bits per heavy atom. The molecule has 0 amide bonds. The third-order valence-electron chi connectivity index (χ3n) is 2.38. The fourth-order valence-corrected chi connectivity index (χ4v) is 1.38. The van der Waals surface area contributed by atoms with Crippen LogP contribution in [-0.4, -0.2) is 28.9 Å². The van der Waals surface area contributed by atoms with E-state index in [1.54, 1.807) is 36.4 Å². The van der Waals surface area contributed by atoms with Crippen molar-refractivity contribution in [2.75, 3.05) is 11.5 Å². The first-order valence-corrected chi connectivity index (χ1v) is 5.88. The standard InChI is InChI=1S/2C7H7NO2.CH2O/c2*8-6-4-2-1-3-5(6)7(9)10;1-2/h2*1-4H,8H2,(H,9,10);1H2. The van der Waals surface area contributed by atoms with Gasteiger partial charge in [-0.3, -0.25) is 0 Å². The molecular weight excluding hydrogens is 288 g/mol. The molecule has 0 aliphatic heterocycles. The summed E-state index contributed by atoms with van der Waals surface area (Å²) in [6, 6.07) is 12.7. The van der Waals surface area contributed by atoms with Crippen molar-refractivity contribution in [3.8, 4) is 0 Å². The van der Waals surface area contributed by atoms with Crippen molar-refractivity contribution >= 4 is 30.1 Å². The zero-order chi connectivity index (χ0) is 17.1. The van der Waals surface area contributed by atoms with E-state index in [2.05, 4.69) is 0 Å². The number of carbonyl (C=O) groups is 3. The van der Waals surface area contributed by atoms with Crippen LogP contribution >= 0.6 is 0 Å². The molecule has 7 nitrogen and oxygen atoms in total. The number of anilines is 2. The maximum absolute atomic E-state index is 10.3. The van der Waals surface area contributed by atoms with Gasteiger partial charge in [-0.1, -0.05) is 24.3 Å². The zero-order valence-electron chi connectivity index (χ0n) is 11.6. The fourth-order valence-electron chi connectivity index (χ4n) is 1.38.